The molecule has 0 bridgehead atoms. The second-order valence-electron chi connectivity index (χ2n) is 6.25. The van der Waals surface area contributed by atoms with Crippen LogP contribution in [0.5, 0.6) is 0 Å². The van der Waals surface area contributed by atoms with Gasteiger partial charge in [0.2, 0.25) is 0 Å². The number of aryl methyl sites for hydroxylation is 2. The van der Waals surface area contributed by atoms with Gasteiger partial charge in [-0.2, -0.15) is 0 Å². The van der Waals surface area contributed by atoms with Crippen molar-refractivity contribution in [3.63, 3.8) is 0 Å². The Kier molecular flexibility index (Phi) is 4.20. The predicted octanol–water partition coefficient (Wildman–Crippen LogP) is 5.24. The fourth-order valence-electron chi connectivity index (χ4n) is 3.04. The molecule has 0 aliphatic carbocycles. The smallest absolute Gasteiger partial charge is 0.191 e. The zero-order valence-electron chi connectivity index (χ0n) is 14.9. The van der Waals surface area contributed by atoms with Crippen molar-refractivity contribution in [2.75, 3.05) is 11.9 Å². The number of anilines is 2. The fourth-order valence-corrected chi connectivity index (χ4v) is 3.84. The number of halogens is 1. The van der Waals surface area contributed by atoms with Crippen LogP contribution in [0.15, 0.2) is 48.0 Å². The van der Waals surface area contributed by atoms with Gasteiger partial charge in [-0.3, -0.25) is 4.40 Å². The molecule has 4 nitrogen and oxygen atoms in total. The average Bonchev–Trinajstić information content (AvgIpc) is 3.26. The molecule has 4 aromatic rings. The number of benzene rings is 1. The van der Waals surface area contributed by atoms with E-state index in [1.165, 1.54) is 17.7 Å². The van der Waals surface area contributed by atoms with Crippen LogP contribution in [0.2, 0.25) is 0 Å². The van der Waals surface area contributed by atoms with Gasteiger partial charge in [-0.1, -0.05) is 13.0 Å². The summed E-state index contributed by atoms with van der Waals surface area (Å²) in [6.07, 6.45) is 2.94. The van der Waals surface area contributed by atoms with Crippen LogP contribution in [0.1, 0.15) is 18.2 Å². The molecule has 0 aliphatic heterocycles. The number of pyridine rings is 1. The third kappa shape index (κ3) is 2.86. The number of hydrogen-bond acceptors (Lipinski definition) is 4. The number of hydrogen-bond donors (Lipinski definition) is 0. The Morgan fingerprint density at radius 3 is 2.62 bits per heavy atom. The molecule has 26 heavy (non-hydrogen) atoms. The molecule has 132 valence electrons. The van der Waals surface area contributed by atoms with Crippen molar-refractivity contribution >= 4 is 27.9 Å². The summed E-state index contributed by atoms with van der Waals surface area (Å²) in [5.74, 6) is 0.793. The van der Waals surface area contributed by atoms with Gasteiger partial charge in [-0.25, -0.2) is 14.4 Å². The van der Waals surface area contributed by atoms with E-state index in [0.717, 1.165) is 40.0 Å². The van der Waals surface area contributed by atoms with Crippen molar-refractivity contribution < 1.29 is 4.39 Å². The van der Waals surface area contributed by atoms with E-state index < -0.39 is 0 Å². The Labute approximate surface area is 155 Å². The number of imidazole rings is 1. The van der Waals surface area contributed by atoms with E-state index in [0.29, 0.717) is 0 Å². The van der Waals surface area contributed by atoms with E-state index in [9.17, 15) is 4.39 Å². The summed E-state index contributed by atoms with van der Waals surface area (Å²) in [6.45, 7) is 4.18. The lowest BCUT2D eigenvalue weighted by molar-refractivity contribution is 0.628. The standard InChI is InChI=1S/C20H19FN4S/c1-4-16-19(25-11-13(2)5-10-18(25)22-16)24(3)20-23-17(12-26-20)14-6-8-15(21)9-7-14/h5-12H,4H2,1-3H3. The molecule has 0 aliphatic rings. The molecule has 0 unspecified atom stereocenters. The van der Waals surface area contributed by atoms with Crippen molar-refractivity contribution in [3.05, 3.63) is 65.0 Å². The minimum atomic E-state index is -0.241. The maximum absolute atomic E-state index is 13.2. The number of fused-ring (bicyclic) bond motifs is 1. The molecular weight excluding hydrogens is 347 g/mol. The molecule has 3 heterocycles. The van der Waals surface area contributed by atoms with Crippen LogP contribution in [-0.4, -0.2) is 21.4 Å². The van der Waals surface area contributed by atoms with Crippen LogP contribution in [0.25, 0.3) is 16.9 Å². The van der Waals surface area contributed by atoms with Gasteiger partial charge in [0, 0.05) is 24.2 Å². The maximum Gasteiger partial charge on any atom is 0.191 e. The predicted molar refractivity (Wildman–Crippen MR) is 105 cm³/mol. The van der Waals surface area contributed by atoms with E-state index in [1.54, 1.807) is 23.5 Å². The van der Waals surface area contributed by atoms with Crippen molar-refractivity contribution in [2.24, 2.45) is 0 Å². The van der Waals surface area contributed by atoms with E-state index in [1.807, 2.05) is 18.5 Å². The molecule has 0 radical (unpaired) electrons. The highest BCUT2D eigenvalue weighted by Gasteiger charge is 2.19. The first-order chi connectivity index (χ1) is 12.6. The molecule has 4 rings (SSSR count). The van der Waals surface area contributed by atoms with Gasteiger partial charge >= 0.3 is 0 Å². The van der Waals surface area contributed by atoms with Gasteiger partial charge < -0.3 is 4.90 Å². The molecule has 0 saturated carbocycles. The second-order valence-corrected chi connectivity index (χ2v) is 7.09. The highest BCUT2D eigenvalue weighted by atomic mass is 32.1. The summed E-state index contributed by atoms with van der Waals surface area (Å²) >= 11 is 1.57. The molecule has 6 heteroatoms. The molecule has 0 fully saturated rings. The van der Waals surface area contributed by atoms with E-state index >= 15 is 0 Å². The normalized spacial score (nSPS) is 11.2. The Balaban J connectivity index is 1.76. The molecule has 0 saturated heterocycles. The van der Waals surface area contributed by atoms with Crippen LogP contribution in [0.4, 0.5) is 15.3 Å². The summed E-state index contributed by atoms with van der Waals surface area (Å²) in [5.41, 5.74) is 4.91. The average molecular weight is 366 g/mol. The largest absolute Gasteiger partial charge is 0.305 e. The molecule has 0 atom stereocenters. The second kappa shape index (κ2) is 6.53. The third-order valence-electron chi connectivity index (χ3n) is 4.38. The molecule has 1 aromatic carbocycles. The lowest BCUT2D eigenvalue weighted by atomic mass is 10.2. The molecular formula is C20H19FN4S. The Bertz CT molecular complexity index is 1070. The molecule has 0 amide bonds. The van der Waals surface area contributed by atoms with Crippen LogP contribution in [0.3, 0.4) is 0 Å². The summed E-state index contributed by atoms with van der Waals surface area (Å²) in [7, 11) is 2.01. The van der Waals surface area contributed by atoms with Crippen LogP contribution >= 0.6 is 11.3 Å². The highest BCUT2D eigenvalue weighted by molar-refractivity contribution is 7.14. The van der Waals surface area contributed by atoms with E-state index in [4.69, 9.17) is 9.97 Å². The van der Waals surface area contributed by atoms with Gasteiger partial charge in [0.05, 0.1) is 11.4 Å². The third-order valence-corrected chi connectivity index (χ3v) is 5.30. The van der Waals surface area contributed by atoms with Gasteiger partial charge in [-0.05, 0) is 49.2 Å². The number of thiazole rings is 1. The van der Waals surface area contributed by atoms with Gasteiger partial charge in [0.25, 0.3) is 0 Å². The Morgan fingerprint density at radius 2 is 1.88 bits per heavy atom. The van der Waals surface area contributed by atoms with Crippen molar-refractivity contribution in [1.82, 2.24) is 14.4 Å². The van der Waals surface area contributed by atoms with Crippen molar-refractivity contribution in [3.8, 4) is 11.3 Å². The van der Waals surface area contributed by atoms with Gasteiger partial charge in [0.15, 0.2) is 5.13 Å². The van der Waals surface area contributed by atoms with Crippen molar-refractivity contribution in [1.29, 1.82) is 0 Å². The van der Waals surface area contributed by atoms with Crippen LogP contribution in [-0.2, 0) is 6.42 Å². The fraction of sp³-hybridized carbons (Fsp3) is 0.200. The Hall–Kier alpha value is -2.73. The summed E-state index contributed by atoms with van der Waals surface area (Å²) in [5, 5.41) is 2.88. The summed E-state index contributed by atoms with van der Waals surface area (Å²) in [6, 6.07) is 10.5. The SMILES string of the molecule is CCc1nc2ccc(C)cn2c1N(C)c1nc(-c2ccc(F)cc2)cs1. The van der Waals surface area contributed by atoms with E-state index in [-0.39, 0.29) is 5.82 Å². The number of rotatable bonds is 4. The first kappa shape index (κ1) is 16.7. The Morgan fingerprint density at radius 1 is 1.12 bits per heavy atom. The number of aromatic nitrogens is 3. The number of nitrogens with zero attached hydrogens (tertiary/aromatic N) is 4. The van der Waals surface area contributed by atoms with Gasteiger partial charge in [-0.15, -0.1) is 11.3 Å². The zero-order valence-corrected chi connectivity index (χ0v) is 15.7. The van der Waals surface area contributed by atoms with Crippen LogP contribution in [0, 0.1) is 12.7 Å². The highest BCUT2D eigenvalue weighted by Crippen LogP contribution is 2.33. The molecule has 0 spiro atoms. The monoisotopic (exact) mass is 366 g/mol. The molecule has 0 N–H and O–H groups in total. The topological polar surface area (TPSA) is 33.4 Å². The quantitative estimate of drug-likeness (QED) is 0.495. The lowest BCUT2D eigenvalue weighted by Crippen LogP contribution is -2.13. The first-order valence-electron chi connectivity index (χ1n) is 8.49. The minimum absolute atomic E-state index is 0.241. The zero-order chi connectivity index (χ0) is 18.3. The minimum Gasteiger partial charge on any atom is -0.305 e. The van der Waals surface area contributed by atoms with Crippen LogP contribution < -0.4 is 4.90 Å². The van der Waals surface area contributed by atoms with Gasteiger partial charge in [0.1, 0.15) is 17.3 Å². The van der Waals surface area contributed by atoms with Crippen molar-refractivity contribution in [2.45, 2.75) is 20.3 Å². The summed E-state index contributed by atoms with van der Waals surface area (Å²) in [4.78, 5) is 11.6. The summed E-state index contributed by atoms with van der Waals surface area (Å²) < 4.78 is 15.3. The first-order valence-corrected chi connectivity index (χ1v) is 9.37. The molecule has 3 aromatic heterocycles. The maximum atomic E-state index is 13.2. The lowest BCUT2D eigenvalue weighted by Gasteiger charge is -2.17. The van der Waals surface area contributed by atoms with E-state index in [2.05, 4.69) is 35.4 Å².